The summed E-state index contributed by atoms with van der Waals surface area (Å²) in [6.07, 6.45) is 7.98. The van der Waals surface area contributed by atoms with E-state index in [0.29, 0.717) is 6.04 Å². The van der Waals surface area contributed by atoms with Gasteiger partial charge in [0.15, 0.2) is 0 Å². The van der Waals surface area contributed by atoms with Gasteiger partial charge >= 0.3 is 0 Å². The molecule has 0 bridgehead atoms. The van der Waals surface area contributed by atoms with Crippen LogP contribution in [0.4, 0.5) is 0 Å². The van der Waals surface area contributed by atoms with Crippen molar-refractivity contribution in [3.8, 4) is 5.69 Å². The van der Waals surface area contributed by atoms with Gasteiger partial charge in [-0.25, -0.2) is 0 Å². The van der Waals surface area contributed by atoms with Gasteiger partial charge < -0.3 is 9.13 Å². The van der Waals surface area contributed by atoms with Crippen LogP contribution >= 0.6 is 0 Å². The lowest BCUT2D eigenvalue weighted by Crippen LogP contribution is -2.03. The second-order valence-corrected chi connectivity index (χ2v) is 8.50. The molecule has 0 radical (unpaired) electrons. The zero-order chi connectivity index (χ0) is 20.2. The number of hydrogen-bond donors (Lipinski definition) is 0. The van der Waals surface area contributed by atoms with Crippen molar-refractivity contribution in [2.24, 2.45) is 0 Å². The predicted octanol–water partition coefficient (Wildman–Crippen LogP) is 7.67. The number of para-hydroxylation sites is 2. The fraction of sp³-hybridized carbons (Fsp3) is 0.214. The summed E-state index contributed by atoms with van der Waals surface area (Å²) in [5.74, 6) is 0. The molecule has 0 N–H and O–H groups in total. The zero-order valence-corrected chi connectivity index (χ0v) is 17.6. The number of nitrogens with zero attached hydrogens (tertiary/aromatic N) is 2. The van der Waals surface area contributed by atoms with Crippen molar-refractivity contribution in [2.75, 3.05) is 0 Å². The fourth-order valence-corrected chi connectivity index (χ4v) is 5.24. The maximum atomic E-state index is 2.54. The molecule has 30 heavy (non-hydrogen) atoms. The van der Waals surface area contributed by atoms with Gasteiger partial charge in [0.2, 0.25) is 0 Å². The Hall–Kier alpha value is -3.26. The van der Waals surface area contributed by atoms with Gasteiger partial charge in [0.1, 0.15) is 0 Å². The monoisotopic (exact) mass is 390 g/mol. The second-order valence-electron chi connectivity index (χ2n) is 8.50. The molecule has 0 aliphatic heterocycles. The smallest absolute Gasteiger partial charge is 0.0545 e. The Labute approximate surface area is 177 Å². The summed E-state index contributed by atoms with van der Waals surface area (Å²) >= 11 is 0. The topological polar surface area (TPSA) is 9.86 Å². The van der Waals surface area contributed by atoms with Gasteiger partial charge in [-0.05, 0) is 56.5 Å². The fourth-order valence-electron chi connectivity index (χ4n) is 5.24. The highest BCUT2D eigenvalue weighted by Gasteiger charge is 2.22. The van der Waals surface area contributed by atoms with E-state index in [2.05, 4.69) is 102 Å². The zero-order valence-electron chi connectivity index (χ0n) is 17.6. The van der Waals surface area contributed by atoms with E-state index in [-0.39, 0.29) is 0 Å². The summed E-state index contributed by atoms with van der Waals surface area (Å²) in [6, 6.07) is 25.0. The summed E-state index contributed by atoms with van der Waals surface area (Å²) in [5.41, 5.74) is 8.09. The van der Waals surface area contributed by atoms with E-state index in [4.69, 9.17) is 0 Å². The summed E-state index contributed by atoms with van der Waals surface area (Å²) in [4.78, 5) is 0. The minimum atomic E-state index is 0.465. The van der Waals surface area contributed by atoms with Crippen molar-refractivity contribution in [3.63, 3.8) is 0 Å². The number of allylic oxidation sites excluding steroid dienone is 1. The Balaban J connectivity index is 1.80. The molecule has 0 fully saturated rings. The molecule has 1 aliphatic rings. The minimum Gasteiger partial charge on any atom is -0.338 e. The lowest BCUT2D eigenvalue weighted by Gasteiger charge is -2.15. The van der Waals surface area contributed by atoms with Crippen LogP contribution in [0.1, 0.15) is 44.0 Å². The first-order valence-corrected chi connectivity index (χ1v) is 11.1. The Morgan fingerprint density at radius 2 is 1.60 bits per heavy atom. The van der Waals surface area contributed by atoms with Crippen LogP contribution in [0.5, 0.6) is 0 Å². The average molecular weight is 391 g/mol. The summed E-state index contributed by atoms with van der Waals surface area (Å²) in [7, 11) is 0. The van der Waals surface area contributed by atoms with Crippen LogP contribution in [0, 0.1) is 0 Å². The van der Waals surface area contributed by atoms with E-state index in [9.17, 15) is 0 Å². The van der Waals surface area contributed by atoms with Crippen molar-refractivity contribution in [1.82, 2.24) is 9.13 Å². The normalized spacial score (nSPS) is 14.6. The maximum Gasteiger partial charge on any atom is 0.0545 e. The van der Waals surface area contributed by atoms with Crippen molar-refractivity contribution < 1.29 is 0 Å². The Morgan fingerprint density at radius 1 is 0.833 bits per heavy atom. The van der Waals surface area contributed by atoms with E-state index < -0.39 is 0 Å². The van der Waals surface area contributed by atoms with Gasteiger partial charge in [-0.1, -0.05) is 55.5 Å². The third-order valence-corrected chi connectivity index (χ3v) is 6.82. The molecule has 0 saturated carbocycles. The third-order valence-electron chi connectivity index (χ3n) is 6.82. The van der Waals surface area contributed by atoms with E-state index in [1.54, 1.807) is 0 Å². The lowest BCUT2D eigenvalue weighted by atomic mass is 10.0. The quantitative estimate of drug-likeness (QED) is 0.299. The summed E-state index contributed by atoms with van der Waals surface area (Å²) < 4.78 is 5.03. The van der Waals surface area contributed by atoms with Crippen molar-refractivity contribution >= 4 is 38.8 Å². The SMILES string of the molecule is CCC(C)n1c2ccccc2c2cc3c(cc21)c1c(n3-c2ccccc2)CCC=C1. The van der Waals surface area contributed by atoms with Crippen LogP contribution in [0.2, 0.25) is 0 Å². The Morgan fingerprint density at radius 3 is 2.43 bits per heavy atom. The molecule has 1 unspecified atom stereocenters. The Kier molecular flexibility index (Phi) is 3.89. The van der Waals surface area contributed by atoms with Crippen LogP contribution < -0.4 is 0 Å². The second kappa shape index (κ2) is 6.63. The van der Waals surface area contributed by atoms with Crippen molar-refractivity contribution in [3.05, 3.63) is 84.1 Å². The first kappa shape index (κ1) is 17.6. The number of fused-ring (bicyclic) bond motifs is 6. The summed E-state index contributed by atoms with van der Waals surface area (Å²) in [5, 5.41) is 4.07. The molecule has 2 heteroatoms. The van der Waals surface area contributed by atoms with Gasteiger partial charge in [0.05, 0.1) is 11.0 Å². The number of aromatic nitrogens is 2. The van der Waals surface area contributed by atoms with Gasteiger partial charge in [-0.3, -0.25) is 0 Å². The number of benzene rings is 3. The first-order chi connectivity index (χ1) is 14.8. The van der Waals surface area contributed by atoms with Gasteiger partial charge in [0.25, 0.3) is 0 Å². The molecule has 1 atom stereocenters. The van der Waals surface area contributed by atoms with Crippen LogP contribution in [0.15, 0.2) is 72.8 Å². The molecule has 0 spiro atoms. The highest BCUT2D eigenvalue weighted by molar-refractivity contribution is 6.13. The highest BCUT2D eigenvalue weighted by atomic mass is 15.0. The first-order valence-electron chi connectivity index (χ1n) is 11.1. The van der Waals surface area contributed by atoms with Gasteiger partial charge in [-0.15, -0.1) is 0 Å². The molecule has 2 heterocycles. The average Bonchev–Trinajstić information content (AvgIpc) is 3.30. The van der Waals surface area contributed by atoms with Crippen molar-refractivity contribution in [2.45, 2.75) is 39.2 Å². The molecular formula is C28H26N2. The van der Waals surface area contributed by atoms with E-state index in [0.717, 1.165) is 19.3 Å². The molecule has 1 aliphatic carbocycles. The molecular weight excluding hydrogens is 364 g/mol. The lowest BCUT2D eigenvalue weighted by molar-refractivity contribution is 0.563. The molecule has 2 nitrogen and oxygen atoms in total. The predicted molar refractivity (Wildman–Crippen MR) is 129 cm³/mol. The maximum absolute atomic E-state index is 2.54. The molecule has 3 aromatic carbocycles. The number of rotatable bonds is 3. The standard InChI is InChI=1S/C28H26N2/c1-3-19(2)29-25-15-9-7-13-21(25)23-18-28-24(17-27(23)29)22-14-8-10-16-26(22)30(28)20-11-5-4-6-12-20/h4-9,11-15,17-19H,3,10,16H2,1-2H3. The molecule has 0 amide bonds. The molecule has 148 valence electrons. The van der Waals surface area contributed by atoms with Crippen molar-refractivity contribution in [1.29, 1.82) is 0 Å². The summed E-state index contributed by atoms with van der Waals surface area (Å²) in [6.45, 7) is 4.61. The van der Waals surface area contributed by atoms with Crippen LogP contribution in [0.25, 0.3) is 44.5 Å². The van der Waals surface area contributed by atoms with Crippen LogP contribution in [0.3, 0.4) is 0 Å². The highest BCUT2D eigenvalue weighted by Crippen LogP contribution is 2.40. The van der Waals surface area contributed by atoms with E-state index in [1.165, 1.54) is 49.7 Å². The molecule has 6 rings (SSSR count). The van der Waals surface area contributed by atoms with E-state index >= 15 is 0 Å². The van der Waals surface area contributed by atoms with Gasteiger partial charge in [0, 0.05) is 44.7 Å². The third kappa shape index (κ3) is 2.37. The molecule has 5 aromatic rings. The van der Waals surface area contributed by atoms with Crippen LogP contribution in [-0.4, -0.2) is 9.13 Å². The molecule has 0 saturated heterocycles. The largest absolute Gasteiger partial charge is 0.338 e. The number of hydrogen-bond acceptors (Lipinski definition) is 0. The van der Waals surface area contributed by atoms with Gasteiger partial charge in [-0.2, -0.15) is 0 Å². The van der Waals surface area contributed by atoms with Crippen LogP contribution in [-0.2, 0) is 6.42 Å². The minimum absolute atomic E-state index is 0.465. The molecule has 2 aromatic heterocycles. The van der Waals surface area contributed by atoms with E-state index in [1.807, 2.05) is 0 Å². The Bertz CT molecular complexity index is 1430.